The van der Waals surface area contributed by atoms with Gasteiger partial charge < -0.3 is 25.0 Å². The second-order valence-corrected chi connectivity index (χ2v) is 18.5. The fraction of sp³-hybridized carbons (Fsp3) is 0.500. The Labute approximate surface area is 335 Å². The molecule has 306 valence electrons. The van der Waals surface area contributed by atoms with Crippen molar-refractivity contribution in [3.63, 3.8) is 0 Å². The Kier molecular flexibility index (Phi) is 10.3. The summed E-state index contributed by atoms with van der Waals surface area (Å²) in [6, 6.07) is 6.97. The van der Waals surface area contributed by atoms with Crippen LogP contribution in [0.3, 0.4) is 0 Å². The normalized spacial score (nSPS) is 26.1. The molecule has 2 saturated carbocycles. The zero-order chi connectivity index (χ0) is 40.8. The van der Waals surface area contributed by atoms with Crippen LogP contribution >= 0.6 is 0 Å². The van der Waals surface area contributed by atoms with Crippen molar-refractivity contribution in [2.75, 3.05) is 6.54 Å². The van der Waals surface area contributed by atoms with E-state index in [9.17, 15) is 27.6 Å². The number of hydrogen-bond donors (Lipinski definition) is 3. The van der Waals surface area contributed by atoms with Crippen LogP contribution in [0.1, 0.15) is 78.6 Å². The first-order valence-corrected chi connectivity index (χ1v) is 21.3. The zero-order valence-electron chi connectivity index (χ0n) is 32.6. The molecule has 5 atom stereocenters. The van der Waals surface area contributed by atoms with Gasteiger partial charge in [0.15, 0.2) is 5.65 Å². The lowest BCUT2D eigenvalue weighted by molar-refractivity contribution is -0.141. The molecule has 8 rings (SSSR count). The minimum Gasteiger partial charge on any atom is -0.472 e. The van der Waals surface area contributed by atoms with Gasteiger partial charge >= 0.3 is 6.09 Å². The minimum absolute atomic E-state index is 0.000386. The molecule has 58 heavy (non-hydrogen) atoms. The van der Waals surface area contributed by atoms with Crippen molar-refractivity contribution >= 4 is 50.4 Å². The molecule has 2 aliphatic heterocycles. The number of amides is 4. The molecule has 3 aromatic heterocycles. The number of nitrogens with one attached hydrogen (secondary N) is 3. The van der Waals surface area contributed by atoms with E-state index in [1.54, 1.807) is 49.9 Å². The van der Waals surface area contributed by atoms with Crippen LogP contribution in [0.25, 0.3) is 27.9 Å². The maximum atomic E-state index is 14.7. The predicted octanol–water partition coefficient (Wildman–Crippen LogP) is 3.58. The average molecular weight is 814 g/mol. The molecule has 18 heteroatoms. The first kappa shape index (κ1) is 39.2. The van der Waals surface area contributed by atoms with E-state index >= 15 is 0 Å². The Morgan fingerprint density at radius 1 is 1.03 bits per heavy atom. The highest BCUT2D eigenvalue weighted by Gasteiger charge is 2.62. The number of benzene rings is 1. The molecule has 1 saturated heterocycles. The Morgan fingerprint density at radius 2 is 1.84 bits per heavy atom. The third-order valence-corrected chi connectivity index (χ3v) is 12.7. The molecule has 0 bridgehead atoms. The van der Waals surface area contributed by atoms with Crippen LogP contribution in [0, 0.1) is 5.92 Å². The lowest BCUT2D eigenvalue weighted by Gasteiger charge is -2.30. The second kappa shape index (κ2) is 15.3. The Morgan fingerprint density at radius 3 is 2.60 bits per heavy atom. The van der Waals surface area contributed by atoms with Crippen LogP contribution in [0.15, 0.2) is 61.1 Å². The molecule has 0 spiro atoms. The standard InChI is InChI=1S/C40H47N9O8S/c1-39(2,3)57-38(53)44-29-14-8-6-4-5-7-11-24-21-40(24,37(52)47-58(54,55)26-15-16-26)45-35(50)32-19-25(23-48(32)36(29)51)56-33-20-30(31-22-41-17-18-42-31)43-34-27-12-9-10-13-28(27)46-49(33)34/h7,9-13,17-18,20,22,24-26,29,32H,4-6,8,14-16,19,21,23H2,1-3H3,(H,44,53)(H,45,50)(H,47,52)/b11-7-/t24-,25-,29+,32+,40-/m1/s1. The molecule has 5 heterocycles. The lowest BCUT2D eigenvalue weighted by atomic mass is 10.0. The maximum Gasteiger partial charge on any atom is 0.408 e. The first-order chi connectivity index (χ1) is 27.7. The van der Waals surface area contributed by atoms with E-state index in [0.29, 0.717) is 54.7 Å². The van der Waals surface area contributed by atoms with Crippen molar-refractivity contribution in [2.24, 2.45) is 5.92 Å². The van der Waals surface area contributed by atoms with Gasteiger partial charge in [-0.3, -0.25) is 29.1 Å². The highest BCUT2D eigenvalue weighted by atomic mass is 32.2. The zero-order valence-corrected chi connectivity index (χ0v) is 33.4. The summed E-state index contributed by atoms with van der Waals surface area (Å²) < 4.78 is 41.8. The van der Waals surface area contributed by atoms with E-state index in [-0.39, 0.29) is 25.3 Å². The van der Waals surface area contributed by atoms with Crippen LogP contribution in [0.2, 0.25) is 0 Å². The van der Waals surface area contributed by atoms with Crippen molar-refractivity contribution in [2.45, 2.75) is 113 Å². The monoisotopic (exact) mass is 813 g/mol. The number of allylic oxidation sites excluding steroid dienone is 1. The molecule has 0 radical (unpaired) electrons. The van der Waals surface area contributed by atoms with Gasteiger partial charge in [-0.05, 0) is 71.4 Å². The number of carbonyl (C=O) groups is 4. The third-order valence-electron chi connectivity index (χ3n) is 10.9. The molecular formula is C40H47N9O8S. The van der Waals surface area contributed by atoms with Gasteiger partial charge in [0.1, 0.15) is 35.0 Å². The van der Waals surface area contributed by atoms with Gasteiger partial charge in [0.05, 0.1) is 29.2 Å². The number of ether oxygens (including phenoxy) is 2. The van der Waals surface area contributed by atoms with Crippen molar-refractivity contribution < 1.29 is 37.1 Å². The molecule has 2 aliphatic carbocycles. The largest absolute Gasteiger partial charge is 0.472 e. The second-order valence-electron chi connectivity index (χ2n) is 16.5. The molecule has 4 amide bonds. The molecule has 17 nitrogen and oxygen atoms in total. The fourth-order valence-electron chi connectivity index (χ4n) is 7.72. The molecular weight excluding hydrogens is 767 g/mol. The highest BCUT2D eigenvalue weighted by Crippen LogP contribution is 2.46. The number of sulfonamides is 1. The third kappa shape index (κ3) is 8.19. The van der Waals surface area contributed by atoms with E-state index < -0.39 is 74.3 Å². The first-order valence-electron chi connectivity index (χ1n) is 19.8. The van der Waals surface area contributed by atoms with Crippen LogP contribution < -0.4 is 20.1 Å². The van der Waals surface area contributed by atoms with Gasteiger partial charge in [-0.15, -0.1) is 0 Å². The number of nitrogens with zero attached hydrogens (tertiary/aromatic N) is 6. The van der Waals surface area contributed by atoms with Crippen LogP contribution in [-0.2, 0) is 29.1 Å². The number of aromatic nitrogens is 5. The van der Waals surface area contributed by atoms with Gasteiger partial charge in [-0.2, -0.15) is 9.61 Å². The van der Waals surface area contributed by atoms with Gasteiger partial charge in [0.25, 0.3) is 5.91 Å². The van der Waals surface area contributed by atoms with Gasteiger partial charge in [0, 0.05) is 36.2 Å². The van der Waals surface area contributed by atoms with Crippen molar-refractivity contribution in [1.29, 1.82) is 0 Å². The van der Waals surface area contributed by atoms with E-state index in [2.05, 4.69) is 25.3 Å². The van der Waals surface area contributed by atoms with Crippen LogP contribution in [0.5, 0.6) is 5.88 Å². The summed E-state index contributed by atoms with van der Waals surface area (Å²) in [5.41, 5.74) is -0.235. The summed E-state index contributed by atoms with van der Waals surface area (Å²) in [4.78, 5) is 71.0. The molecule has 3 N–H and O–H groups in total. The maximum absolute atomic E-state index is 14.7. The Bertz CT molecular complexity index is 2390. The summed E-state index contributed by atoms with van der Waals surface area (Å²) in [6.45, 7) is 5.11. The lowest BCUT2D eigenvalue weighted by Crippen LogP contribution is -2.58. The topological polar surface area (TPSA) is 216 Å². The number of fused-ring (bicyclic) bond motifs is 5. The van der Waals surface area contributed by atoms with Crippen molar-refractivity contribution in [3.8, 4) is 17.3 Å². The summed E-state index contributed by atoms with van der Waals surface area (Å²) in [5.74, 6) is -2.14. The van der Waals surface area contributed by atoms with E-state index in [4.69, 9.17) is 19.6 Å². The van der Waals surface area contributed by atoms with Gasteiger partial charge in [0.2, 0.25) is 27.7 Å². The summed E-state index contributed by atoms with van der Waals surface area (Å²) >= 11 is 0. The number of alkyl carbamates (subject to hydrolysis) is 1. The van der Waals surface area contributed by atoms with Crippen LogP contribution in [0.4, 0.5) is 4.79 Å². The Balaban J connectivity index is 1.14. The number of carbonyl (C=O) groups excluding carboxylic acids is 4. The van der Waals surface area contributed by atoms with Gasteiger partial charge in [-0.1, -0.05) is 37.1 Å². The van der Waals surface area contributed by atoms with Crippen molar-refractivity contribution in [1.82, 2.24) is 44.8 Å². The quantitative estimate of drug-likeness (QED) is 0.228. The smallest absolute Gasteiger partial charge is 0.408 e. The van der Waals surface area contributed by atoms with E-state index in [0.717, 1.165) is 18.2 Å². The molecule has 4 aromatic rings. The number of hydrogen-bond acceptors (Lipinski definition) is 12. The summed E-state index contributed by atoms with van der Waals surface area (Å²) in [7, 11) is -3.92. The van der Waals surface area contributed by atoms with Gasteiger partial charge in [-0.25, -0.2) is 18.2 Å². The average Bonchev–Trinajstić information content (AvgIpc) is 4.08. The molecule has 4 aliphatic rings. The molecule has 3 fully saturated rings. The van der Waals surface area contributed by atoms with Crippen LogP contribution in [-0.4, -0.2) is 103 Å². The summed E-state index contributed by atoms with van der Waals surface area (Å²) in [6.07, 6.45) is 11.2. The number of rotatable bonds is 7. The van der Waals surface area contributed by atoms with E-state index in [1.807, 2.05) is 36.4 Å². The fourth-order valence-corrected chi connectivity index (χ4v) is 9.08. The molecule has 0 unspecified atom stereocenters. The van der Waals surface area contributed by atoms with E-state index in [1.165, 1.54) is 4.90 Å². The predicted molar refractivity (Wildman–Crippen MR) is 211 cm³/mol. The summed E-state index contributed by atoms with van der Waals surface area (Å²) in [5, 5.41) is 10.5. The SMILES string of the molecule is CC(C)(C)OC(=O)N[C@H]1CCCCC/C=C\[C@@H]2C[C@@]2(C(=O)NS(=O)(=O)C2CC2)NC(=O)[C@@H]2C[C@@H](Oc3cc(-c4cnccn4)nc4c5ccccc5nn34)CN2C1=O. The highest BCUT2D eigenvalue weighted by molar-refractivity contribution is 7.91. The Hall–Kier alpha value is -5.65. The van der Waals surface area contributed by atoms with Crippen molar-refractivity contribution in [3.05, 3.63) is 61.1 Å². The minimum atomic E-state index is -3.92. The molecule has 1 aromatic carbocycles.